The Morgan fingerprint density at radius 2 is 2.05 bits per heavy atom. The lowest BCUT2D eigenvalue weighted by molar-refractivity contribution is -0.133. The topological polar surface area (TPSA) is 62.5 Å². The Morgan fingerprint density at radius 1 is 1.37 bits per heavy atom. The van der Waals surface area contributed by atoms with Gasteiger partial charge < -0.3 is 14.6 Å². The van der Waals surface area contributed by atoms with Crippen LogP contribution in [0.3, 0.4) is 0 Å². The van der Waals surface area contributed by atoms with Crippen molar-refractivity contribution in [2.45, 2.75) is 19.4 Å². The molecule has 0 atom stereocenters. The first-order chi connectivity index (χ1) is 9.10. The largest absolute Gasteiger partial charge is 0.396 e. The first kappa shape index (κ1) is 14.3. The maximum absolute atomic E-state index is 12.1. The second-order valence-electron chi connectivity index (χ2n) is 4.82. The van der Waals surface area contributed by atoms with Gasteiger partial charge in [0.2, 0.25) is 5.91 Å². The van der Waals surface area contributed by atoms with Crippen molar-refractivity contribution >= 4 is 21.8 Å². The zero-order valence-corrected chi connectivity index (χ0v) is 12.2. The number of aromatic nitrogens is 1. The van der Waals surface area contributed by atoms with Gasteiger partial charge in [-0.2, -0.15) is 0 Å². The van der Waals surface area contributed by atoms with Crippen molar-refractivity contribution in [2.24, 2.45) is 5.92 Å². The summed E-state index contributed by atoms with van der Waals surface area (Å²) in [6.45, 7) is 1.58. The fraction of sp³-hybridized carbons (Fsp3) is 0.538. The highest BCUT2D eigenvalue weighted by atomic mass is 79.9. The van der Waals surface area contributed by atoms with Gasteiger partial charge in [0.15, 0.2) is 0 Å². The van der Waals surface area contributed by atoms with Gasteiger partial charge in [-0.1, -0.05) is 0 Å². The molecule has 1 aliphatic rings. The zero-order valence-electron chi connectivity index (χ0n) is 10.6. The number of hydrogen-bond acceptors (Lipinski definition) is 3. The summed E-state index contributed by atoms with van der Waals surface area (Å²) in [7, 11) is 0. The van der Waals surface area contributed by atoms with Crippen LogP contribution in [0.2, 0.25) is 0 Å². The van der Waals surface area contributed by atoms with Crippen molar-refractivity contribution in [1.29, 1.82) is 0 Å². The average molecular weight is 329 g/mol. The van der Waals surface area contributed by atoms with Crippen molar-refractivity contribution in [1.82, 2.24) is 9.47 Å². The number of piperidine rings is 1. The first-order valence-electron chi connectivity index (χ1n) is 6.35. The molecule has 1 aromatic rings. The van der Waals surface area contributed by atoms with Gasteiger partial charge in [-0.25, -0.2) is 0 Å². The van der Waals surface area contributed by atoms with Gasteiger partial charge in [-0.05, 0) is 40.8 Å². The molecule has 1 N–H and O–H groups in total. The predicted octanol–water partition coefficient (Wildman–Crippen LogP) is 0.842. The molecule has 1 amide bonds. The van der Waals surface area contributed by atoms with Crippen LogP contribution in [0.4, 0.5) is 0 Å². The van der Waals surface area contributed by atoms with Gasteiger partial charge in [0.05, 0.1) is 0 Å². The van der Waals surface area contributed by atoms with Crippen molar-refractivity contribution in [3.8, 4) is 0 Å². The Labute approximate surface area is 120 Å². The molecule has 104 valence electrons. The Morgan fingerprint density at radius 3 is 2.68 bits per heavy atom. The van der Waals surface area contributed by atoms with E-state index < -0.39 is 0 Å². The van der Waals surface area contributed by atoms with Crippen LogP contribution in [-0.2, 0) is 11.3 Å². The van der Waals surface area contributed by atoms with E-state index in [1.54, 1.807) is 17.2 Å². The summed E-state index contributed by atoms with van der Waals surface area (Å²) >= 11 is 3.29. The van der Waals surface area contributed by atoms with Crippen molar-refractivity contribution in [2.75, 3.05) is 19.7 Å². The smallest absolute Gasteiger partial charge is 0.251 e. The van der Waals surface area contributed by atoms with Gasteiger partial charge in [0.25, 0.3) is 5.56 Å². The minimum absolute atomic E-state index is 0.0448. The van der Waals surface area contributed by atoms with Crippen LogP contribution in [0, 0.1) is 5.92 Å². The van der Waals surface area contributed by atoms with Crippen molar-refractivity contribution < 1.29 is 9.90 Å². The molecule has 19 heavy (non-hydrogen) atoms. The number of carbonyl (C=O) groups excluding carboxylic acids is 1. The van der Waals surface area contributed by atoms with E-state index in [0.29, 0.717) is 19.0 Å². The number of halogens is 1. The van der Waals surface area contributed by atoms with Gasteiger partial charge in [0.1, 0.15) is 6.54 Å². The van der Waals surface area contributed by atoms with Crippen molar-refractivity contribution in [3.05, 3.63) is 33.2 Å². The summed E-state index contributed by atoms with van der Waals surface area (Å²) in [5, 5.41) is 9.06. The van der Waals surface area contributed by atoms with Crippen molar-refractivity contribution in [3.63, 3.8) is 0 Å². The summed E-state index contributed by atoms with van der Waals surface area (Å²) in [6.07, 6.45) is 3.28. The summed E-state index contributed by atoms with van der Waals surface area (Å²) < 4.78 is 2.18. The molecule has 0 aliphatic carbocycles. The molecule has 2 heterocycles. The molecule has 2 rings (SSSR count). The Bertz CT molecular complexity index is 507. The van der Waals surface area contributed by atoms with Gasteiger partial charge >= 0.3 is 0 Å². The number of nitrogens with zero attached hydrogens (tertiary/aromatic N) is 2. The number of rotatable bonds is 3. The molecule has 0 radical (unpaired) electrons. The van der Waals surface area contributed by atoms with Crippen LogP contribution in [0.1, 0.15) is 12.8 Å². The second-order valence-corrected chi connectivity index (χ2v) is 5.74. The van der Waals surface area contributed by atoms with Crippen LogP contribution in [0.5, 0.6) is 0 Å². The fourth-order valence-corrected chi connectivity index (χ4v) is 2.62. The SMILES string of the molecule is O=C(Cn1cc(Br)ccc1=O)N1CCC(CO)CC1. The average Bonchev–Trinajstić information content (AvgIpc) is 2.43. The van der Waals surface area contributed by atoms with E-state index in [1.165, 1.54) is 10.6 Å². The lowest BCUT2D eigenvalue weighted by Gasteiger charge is -2.31. The molecule has 1 saturated heterocycles. The summed E-state index contributed by atoms with van der Waals surface area (Å²) in [5.74, 6) is 0.259. The number of amides is 1. The fourth-order valence-electron chi connectivity index (χ4n) is 2.24. The lowest BCUT2D eigenvalue weighted by atomic mass is 9.98. The molecule has 0 bridgehead atoms. The zero-order chi connectivity index (χ0) is 13.8. The highest BCUT2D eigenvalue weighted by molar-refractivity contribution is 9.10. The summed E-state index contributed by atoms with van der Waals surface area (Å²) in [5.41, 5.74) is -0.179. The molecule has 0 aromatic carbocycles. The van der Waals surface area contributed by atoms with E-state index in [9.17, 15) is 9.59 Å². The number of likely N-dealkylation sites (tertiary alicyclic amines) is 1. The molecule has 1 aliphatic heterocycles. The second kappa shape index (κ2) is 6.34. The summed E-state index contributed by atoms with van der Waals surface area (Å²) in [6, 6.07) is 3.10. The van der Waals surface area contributed by atoms with Crippen LogP contribution >= 0.6 is 15.9 Å². The maximum Gasteiger partial charge on any atom is 0.251 e. The molecule has 6 heteroatoms. The highest BCUT2D eigenvalue weighted by Gasteiger charge is 2.22. The lowest BCUT2D eigenvalue weighted by Crippen LogP contribution is -2.42. The Hall–Kier alpha value is -1.14. The van der Waals surface area contributed by atoms with E-state index in [1.807, 2.05) is 0 Å². The molecule has 5 nitrogen and oxygen atoms in total. The van der Waals surface area contributed by atoms with Gasteiger partial charge in [-0.3, -0.25) is 9.59 Å². The number of hydrogen-bond donors (Lipinski definition) is 1. The predicted molar refractivity (Wildman–Crippen MR) is 74.8 cm³/mol. The monoisotopic (exact) mass is 328 g/mol. The van der Waals surface area contributed by atoms with Crippen LogP contribution < -0.4 is 5.56 Å². The number of carbonyl (C=O) groups is 1. The van der Waals surface area contributed by atoms with Crippen LogP contribution in [0.25, 0.3) is 0 Å². The molecular weight excluding hydrogens is 312 g/mol. The Balaban J connectivity index is 1.98. The quantitative estimate of drug-likeness (QED) is 0.894. The van der Waals surface area contributed by atoms with E-state index in [4.69, 9.17) is 5.11 Å². The molecule has 0 unspecified atom stereocenters. The number of aliphatic hydroxyl groups excluding tert-OH is 1. The minimum Gasteiger partial charge on any atom is -0.396 e. The highest BCUT2D eigenvalue weighted by Crippen LogP contribution is 2.16. The van der Waals surface area contributed by atoms with E-state index >= 15 is 0 Å². The van der Waals surface area contributed by atoms with Gasteiger partial charge in [-0.15, -0.1) is 0 Å². The Kier molecular flexibility index (Phi) is 4.76. The molecule has 0 spiro atoms. The third kappa shape index (κ3) is 3.67. The standard InChI is InChI=1S/C13H17BrN2O3/c14-11-1-2-12(18)16(7-11)8-13(19)15-5-3-10(9-17)4-6-15/h1-2,7,10,17H,3-6,8-9H2. The van der Waals surface area contributed by atoms with Gasteiger partial charge in [0, 0.05) is 36.4 Å². The molecule has 1 aromatic heterocycles. The molecule has 0 saturated carbocycles. The number of pyridine rings is 1. The van der Waals surface area contributed by atoms with E-state index in [2.05, 4.69) is 15.9 Å². The summed E-state index contributed by atoms with van der Waals surface area (Å²) in [4.78, 5) is 25.5. The molecule has 1 fully saturated rings. The molecular formula is C13H17BrN2O3. The maximum atomic E-state index is 12.1. The normalized spacial score (nSPS) is 16.6. The van der Waals surface area contributed by atoms with Crippen LogP contribution in [-0.4, -0.2) is 40.2 Å². The van der Waals surface area contributed by atoms with E-state index in [-0.39, 0.29) is 24.6 Å². The first-order valence-corrected chi connectivity index (χ1v) is 7.14. The van der Waals surface area contributed by atoms with Crippen LogP contribution in [0.15, 0.2) is 27.6 Å². The third-order valence-electron chi connectivity index (χ3n) is 3.48. The third-order valence-corrected chi connectivity index (χ3v) is 3.95. The van der Waals surface area contributed by atoms with E-state index in [0.717, 1.165) is 17.3 Å². The number of aliphatic hydroxyl groups is 1. The minimum atomic E-state index is -0.179.